The van der Waals surface area contributed by atoms with Crippen molar-refractivity contribution in [3.8, 4) is 11.1 Å². The van der Waals surface area contributed by atoms with Crippen LogP contribution in [-0.2, 0) is 0 Å². The average Bonchev–Trinajstić information content (AvgIpc) is 2.72. The minimum atomic E-state index is -0.755. The summed E-state index contributed by atoms with van der Waals surface area (Å²) in [6.45, 7) is 0. The minimum absolute atomic E-state index is 0.517. The second-order valence-corrected chi connectivity index (χ2v) is 6.66. The Balaban J connectivity index is 1.79. The largest absolute Gasteiger partial charge is 0.378 e. The Hall–Kier alpha value is -4.00. The van der Waals surface area contributed by atoms with Crippen LogP contribution in [-0.4, -0.2) is 23.9 Å². The van der Waals surface area contributed by atoms with Gasteiger partial charge in [-0.15, -0.1) is 0 Å². The monoisotopic (exact) mass is 389 g/mol. The molecule has 0 fully saturated rings. The van der Waals surface area contributed by atoms with Crippen molar-refractivity contribution in [3.05, 3.63) is 98.1 Å². The van der Waals surface area contributed by atoms with Crippen molar-refractivity contribution in [2.75, 3.05) is 19.0 Å². The lowest BCUT2D eigenvalue weighted by atomic mass is 10.0. The van der Waals surface area contributed by atoms with E-state index in [4.69, 9.17) is 0 Å². The molecule has 0 aliphatic heterocycles. The normalized spacial score (nSPS) is 10.8. The number of hydrogen-bond acceptors (Lipinski definition) is 5. The van der Waals surface area contributed by atoms with E-state index in [1.807, 2.05) is 49.3 Å². The van der Waals surface area contributed by atoms with Crippen LogP contribution >= 0.6 is 0 Å². The molecule has 146 valence electrons. The summed E-state index contributed by atoms with van der Waals surface area (Å²) in [4.78, 5) is 22.5. The molecular weight excluding hydrogens is 370 g/mol. The third-order valence-corrected chi connectivity index (χ3v) is 4.49. The van der Waals surface area contributed by atoms with Gasteiger partial charge in [0, 0.05) is 31.9 Å². The van der Waals surface area contributed by atoms with E-state index in [1.54, 1.807) is 6.08 Å². The average molecular weight is 389 g/mol. The van der Waals surface area contributed by atoms with Gasteiger partial charge in [0.2, 0.25) is 0 Å². The van der Waals surface area contributed by atoms with Crippen LogP contribution in [0.25, 0.3) is 23.3 Å². The van der Waals surface area contributed by atoms with Crippen LogP contribution in [0.4, 0.5) is 17.1 Å². The van der Waals surface area contributed by atoms with Crippen molar-refractivity contribution in [1.82, 2.24) is 0 Å². The van der Waals surface area contributed by atoms with Gasteiger partial charge in [-0.1, -0.05) is 48.6 Å². The van der Waals surface area contributed by atoms with Gasteiger partial charge in [0.05, 0.1) is 9.85 Å². The zero-order chi connectivity index (χ0) is 21.0. The fourth-order valence-electron chi connectivity index (χ4n) is 2.88. The third kappa shape index (κ3) is 4.65. The lowest BCUT2D eigenvalue weighted by molar-refractivity contribution is -0.422. The molecule has 0 unspecified atom stereocenters. The number of hydrogen-bond donors (Lipinski definition) is 0. The molecule has 3 aromatic carbocycles. The third-order valence-electron chi connectivity index (χ3n) is 4.49. The summed E-state index contributed by atoms with van der Waals surface area (Å²) in [5, 5.41) is 22.0. The highest BCUT2D eigenvalue weighted by molar-refractivity contribution is 5.74. The Morgan fingerprint density at radius 1 is 0.690 bits per heavy atom. The van der Waals surface area contributed by atoms with Crippen molar-refractivity contribution < 1.29 is 9.85 Å². The molecule has 0 heterocycles. The summed E-state index contributed by atoms with van der Waals surface area (Å²) in [6.07, 6.45) is 3.50. The maximum Gasteiger partial charge on any atom is 0.346 e. The van der Waals surface area contributed by atoms with Crippen molar-refractivity contribution >= 4 is 29.2 Å². The van der Waals surface area contributed by atoms with E-state index >= 15 is 0 Å². The maximum absolute atomic E-state index is 11.1. The molecule has 0 atom stereocenters. The van der Waals surface area contributed by atoms with Gasteiger partial charge >= 0.3 is 11.4 Å². The second-order valence-electron chi connectivity index (χ2n) is 6.66. The van der Waals surface area contributed by atoms with Crippen LogP contribution in [0.3, 0.4) is 0 Å². The molecular formula is C22H19N3O4. The first-order valence-corrected chi connectivity index (χ1v) is 8.84. The highest BCUT2D eigenvalue weighted by Gasteiger charge is 2.23. The van der Waals surface area contributed by atoms with E-state index in [9.17, 15) is 20.2 Å². The Kier molecular flexibility index (Phi) is 5.69. The molecule has 3 aromatic rings. The standard InChI is InChI=1S/C22H19N3O4/c1-23(2)20-12-10-19(11-13-20)18-8-5-16(6-9-18)3-4-17-7-14-21(24(26)27)22(15-17)25(28)29/h3-15H,1-2H3. The number of benzene rings is 3. The molecule has 0 bridgehead atoms. The molecule has 7 nitrogen and oxygen atoms in total. The Labute approximate surface area is 167 Å². The van der Waals surface area contributed by atoms with Gasteiger partial charge in [-0.05, 0) is 40.5 Å². The Morgan fingerprint density at radius 3 is 1.69 bits per heavy atom. The maximum atomic E-state index is 11.1. The fraction of sp³-hybridized carbons (Fsp3) is 0.0909. The molecule has 0 spiro atoms. The van der Waals surface area contributed by atoms with Crippen LogP contribution in [0, 0.1) is 20.2 Å². The number of nitrogens with zero attached hydrogens (tertiary/aromatic N) is 3. The number of anilines is 1. The second kappa shape index (κ2) is 8.35. The highest BCUT2D eigenvalue weighted by atomic mass is 16.6. The summed E-state index contributed by atoms with van der Waals surface area (Å²) in [7, 11) is 3.99. The molecule has 7 heteroatoms. The van der Waals surface area contributed by atoms with Crippen LogP contribution in [0.1, 0.15) is 11.1 Å². The fourth-order valence-corrected chi connectivity index (χ4v) is 2.88. The van der Waals surface area contributed by atoms with Crippen molar-refractivity contribution in [3.63, 3.8) is 0 Å². The van der Waals surface area contributed by atoms with Crippen LogP contribution in [0.5, 0.6) is 0 Å². The summed E-state index contributed by atoms with van der Waals surface area (Å²) in [5.74, 6) is 0. The van der Waals surface area contributed by atoms with E-state index in [-0.39, 0.29) is 0 Å². The highest BCUT2D eigenvalue weighted by Crippen LogP contribution is 2.28. The smallest absolute Gasteiger partial charge is 0.346 e. The zero-order valence-electron chi connectivity index (χ0n) is 16.0. The van der Waals surface area contributed by atoms with E-state index in [1.165, 1.54) is 12.1 Å². The van der Waals surface area contributed by atoms with Crippen molar-refractivity contribution in [1.29, 1.82) is 0 Å². The first-order chi connectivity index (χ1) is 13.8. The summed E-state index contributed by atoms with van der Waals surface area (Å²) in [5.41, 5.74) is 3.72. The van der Waals surface area contributed by atoms with Gasteiger partial charge in [0.25, 0.3) is 0 Å². The van der Waals surface area contributed by atoms with Crippen LogP contribution < -0.4 is 4.90 Å². The summed E-state index contributed by atoms with van der Waals surface area (Å²) < 4.78 is 0. The SMILES string of the molecule is CN(C)c1ccc(-c2ccc(C=Cc3ccc([N+](=O)[O-])c([N+](=O)[O-])c3)cc2)cc1. The molecule has 0 amide bonds. The van der Waals surface area contributed by atoms with Gasteiger partial charge in [-0.25, -0.2) is 0 Å². The van der Waals surface area contributed by atoms with Gasteiger partial charge in [0.15, 0.2) is 0 Å². The molecule has 29 heavy (non-hydrogen) atoms. The molecule has 0 N–H and O–H groups in total. The molecule has 0 aliphatic carbocycles. The predicted octanol–water partition coefficient (Wildman–Crippen LogP) is 5.41. The van der Waals surface area contributed by atoms with E-state index < -0.39 is 21.2 Å². The Morgan fingerprint density at radius 2 is 1.17 bits per heavy atom. The first kappa shape index (κ1) is 19.8. The molecule has 0 saturated carbocycles. The number of rotatable bonds is 6. The Bertz CT molecular complexity index is 1070. The molecule has 0 saturated heterocycles. The molecule has 3 rings (SSSR count). The van der Waals surface area contributed by atoms with Crippen molar-refractivity contribution in [2.45, 2.75) is 0 Å². The quantitative estimate of drug-likeness (QED) is 0.320. The first-order valence-electron chi connectivity index (χ1n) is 8.84. The zero-order valence-corrected chi connectivity index (χ0v) is 16.0. The van der Waals surface area contributed by atoms with Crippen LogP contribution in [0.15, 0.2) is 66.7 Å². The minimum Gasteiger partial charge on any atom is -0.378 e. The van der Waals surface area contributed by atoms with Crippen LogP contribution in [0.2, 0.25) is 0 Å². The topological polar surface area (TPSA) is 89.5 Å². The molecule has 0 aromatic heterocycles. The molecule has 0 radical (unpaired) electrons. The van der Waals surface area contributed by atoms with E-state index in [2.05, 4.69) is 24.3 Å². The van der Waals surface area contributed by atoms with Gasteiger partial charge in [0.1, 0.15) is 0 Å². The predicted molar refractivity (Wildman–Crippen MR) is 115 cm³/mol. The van der Waals surface area contributed by atoms with E-state index in [0.717, 1.165) is 28.4 Å². The summed E-state index contributed by atoms with van der Waals surface area (Å²) >= 11 is 0. The lowest BCUT2D eigenvalue weighted by Gasteiger charge is -2.12. The van der Waals surface area contributed by atoms with E-state index in [0.29, 0.717) is 5.56 Å². The van der Waals surface area contributed by atoms with Gasteiger partial charge in [-0.3, -0.25) is 20.2 Å². The number of nitro groups is 2. The lowest BCUT2D eigenvalue weighted by Crippen LogP contribution is -2.07. The summed E-state index contributed by atoms with van der Waals surface area (Å²) in [6, 6.07) is 20.0. The molecule has 0 aliphatic rings. The van der Waals surface area contributed by atoms with Crippen molar-refractivity contribution in [2.24, 2.45) is 0 Å². The van der Waals surface area contributed by atoms with Gasteiger partial charge < -0.3 is 4.90 Å². The van der Waals surface area contributed by atoms with Gasteiger partial charge in [-0.2, -0.15) is 0 Å². The number of nitro benzene ring substituents is 2.